The molecule has 1 aliphatic rings. The third kappa shape index (κ3) is 1.62. The van der Waals surface area contributed by atoms with Gasteiger partial charge in [0, 0.05) is 12.5 Å². The summed E-state index contributed by atoms with van der Waals surface area (Å²) in [4.78, 5) is 14.9. The lowest BCUT2D eigenvalue weighted by molar-refractivity contribution is -0.137. The molecule has 1 aromatic rings. The molecule has 14 heavy (non-hydrogen) atoms. The van der Waals surface area contributed by atoms with Crippen LogP contribution in [0.2, 0.25) is 0 Å². The first-order valence-electron chi connectivity index (χ1n) is 4.80. The molecule has 2 heterocycles. The number of aromatic nitrogens is 3. The molecule has 0 aromatic carbocycles. The summed E-state index contributed by atoms with van der Waals surface area (Å²) in [6, 6.07) is 0. The van der Waals surface area contributed by atoms with E-state index < -0.39 is 5.97 Å². The molecule has 2 rings (SSSR count). The third-order valence-corrected chi connectivity index (χ3v) is 2.51. The molecule has 76 valence electrons. The van der Waals surface area contributed by atoms with E-state index in [1.807, 2.05) is 11.6 Å². The first kappa shape index (κ1) is 9.18. The lowest BCUT2D eigenvalue weighted by Crippen LogP contribution is -2.19. The molecule has 5 nitrogen and oxygen atoms in total. The van der Waals surface area contributed by atoms with E-state index >= 15 is 0 Å². The number of hydrogen-bond donors (Lipinski definition) is 1. The SMILES string of the molecule is Cc1nc2n(n1)CCCC2CC(=O)O. The van der Waals surface area contributed by atoms with E-state index in [-0.39, 0.29) is 12.3 Å². The number of carbonyl (C=O) groups is 1. The maximum atomic E-state index is 10.6. The highest BCUT2D eigenvalue weighted by Crippen LogP contribution is 2.28. The molecule has 5 heteroatoms. The number of hydrogen-bond acceptors (Lipinski definition) is 3. The van der Waals surface area contributed by atoms with Crippen LogP contribution in [0, 0.1) is 6.92 Å². The number of carboxylic acid groups (broad SMARTS) is 1. The van der Waals surface area contributed by atoms with Gasteiger partial charge in [-0.3, -0.25) is 4.79 Å². The highest BCUT2D eigenvalue weighted by Gasteiger charge is 2.25. The van der Waals surface area contributed by atoms with Gasteiger partial charge in [-0.05, 0) is 19.8 Å². The van der Waals surface area contributed by atoms with Gasteiger partial charge in [0.25, 0.3) is 0 Å². The van der Waals surface area contributed by atoms with Crippen LogP contribution in [0.15, 0.2) is 0 Å². The summed E-state index contributed by atoms with van der Waals surface area (Å²) < 4.78 is 1.84. The van der Waals surface area contributed by atoms with Crippen LogP contribution < -0.4 is 0 Å². The largest absolute Gasteiger partial charge is 0.481 e. The van der Waals surface area contributed by atoms with Gasteiger partial charge in [0.2, 0.25) is 0 Å². The number of aliphatic carboxylic acids is 1. The van der Waals surface area contributed by atoms with Gasteiger partial charge < -0.3 is 5.11 Å². The molecule has 1 atom stereocenters. The normalized spacial score (nSPS) is 20.5. The Bertz CT molecular complexity index is 359. The van der Waals surface area contributed by atoms with Gasteiger partial charge in [-0.15, -0.1) is 0 Å². The second-order valence-corrected chi connectivity index (χ2v) is 3.68. The molecule has 0 saturated heterocycles. The number of fused-ring (bicyclic) bond motifs is 1. The monoisotopic (exact) mass is 195 g/mol. The van der Waals surface area contributed by atoms with Crippen LogP contribution in [0.25, 0.3) is 0 Å². The van der Waals surface area contributed by atoms with Crippen LogP contribution in [-0.4, -0.2) is 25.8 Å². The molecule has 0 spiro atoms. The molecular formula is C9H13N3O2. The maximum absolute atomic E-state index is 10.6. The first-order valence-corrected chi connectivity index (χ1v) is 4.80. The van der Waals surface area contributed by atoms with Crippen molar-refractivity contribution >= 4 is 5.97 Å². The molecule has 1 unspecified atom stereocenters. The van der Waals surface area contributed by atoms with E-state index in [2.05, 4.69) is 10.1 Å². The second-order valence-electron chi connectivity index (χ2n) is 3.68. The fraction of sp³-hybridized carbons (Fsp3) is 0.667. The average Bonchev–Trinajstić information content (AvgIpc) is 2.45. The zero-order valence-electron chi connectivity index (χ0n) is 8.10. The van der Waals surface area contributed by atoms with Gasteiger partial charge in [0.15, 0.2) is 0 Å². The minimum absolute atomic E-state index is 0.0439. The molecule has 0 bridgehead atoms. The summed E-state index contributed by atoms with van der Waals surface area (Å²) in [5.41, 5.74) is 0. The van der Waals surface area contributed by atoms with Crippen molar-refractivity contribution in [1.29, 1.82) is 0 Å². The minimum atomic E-state index is -0.760. The van der Waals surface area contributed by atoms with Crippen molar-refractivity contribution in [3.8, 4) is 0 Å². The quantitative estimate of drug-likeness (QED) is 0.762. The first-order chi connectivity index (χ1) is 6.66. The molecule has 0 aliphatic carbocycles. The van der Waals surface area contributed by atoms with Gasteiger partial charge in [-0.25, -0.2) is 9.67 Å². The Morgan fingerprint density at radius 3 is 3.21 bits per heavy atom. The number of carboxylic acids is 1. The van der Waals surface area contributed by atoms with Crippen molar-refractivity contribution in [1.82, 2.24) is 14.8 Å². The van der Waals surface area contributed by atoms with Crippen LogP contribution in [0.1, 0.15) is 36.8 Å². The van der Waals surface area contributed by atoms with Crippen molar-refractivity contribution in [3.05, 3.63) is 11.6 Å². The Hall–Kier alpha value is -1.39. The van der Waals surface area contributed by atoms with E-state index in [1.165, 1.54) is 0 Å². The number of aryl methyl sites for hydroxylation is 2. The van der Waals surface area contributed by atoms with Crippen molar-refractivity contribution in [3.63, 3.8) is 0 Å². The standard InChI is InChI=1S/C9H13N3O2/c1-6-10-9-7(5-8(13)14)3-2-4-12(9)11-6/h7H,2-5H2,1H3,(H,13,14). The maximum Gasteiger partial charge on any atom is 0.304 e. The van der Waals surface area contributed by atoms with Crippen LogP contribution in [0.3, 0.4) is 0 Å². The fourth-order valence-corrected chi connectivity index (χ4v) is 1.96. The van der Waals surface area contributed by atoms with Gasteiger partial charge in [0.05, 0.1) is 6.42 Å². The van der Waals surface area contributed by atoms with Crippen LogP contribution in [-0.2, 0) is 11.3 Å². The second kappa shape index (κ2) is 3.40. The molecule has 0 radical (unpaired) electrons. The predicted molar refractivity (Wildman–Crippen MR) is 49.0 cm³/mol. The lowest BCUT2D eigenvalue weighted by Gasteiger charge is -2.20. The topological polar surface area (TPSA) is 68.0 Å². The zero-order valence-corrected chi connectivity index (χ0v) is 8.10. The molecule has 0 amide bonds. The summed E-state index contributed by atoms with van der Waals surface area (Å²) in [5, 5.41) is 13.0. The number of rotatable bonds is 2. The molecular weight excluding hydrogens is 182 g/mol. The van der Waals surface area contributed by atoms with E-state index in [0.717, 1.165) is 31.0 Å². The molecule has 0 fully saturated rings. The van der Waals surface area contributed by atoms with E-state index in [9.17, 15) is 4.79 Å². The lowest BCUT2D eigenvalue weighted by atomic mass is 9.96. The summed E-state index contributed by atoms with van der Waals surface area (Å²) in [6.07, 6.45) is 2.07. The average molecular weight is 195 g/mol. The van der Waals surface area contributed by atoms with Crippen LogP contribution >= 0.6 is 0 Å². The fourth-order valence-electron chi connectivity index (χ4n) is 1.96. The van der Waals surface area contributed by atoms with Gasteiger partial charge >= 0.3 is 5.97 Å². The van der Waals surface area contributed by atoms with Crippen molar-refractivity contribution < 1.29 is 9.90 Å². The van der Waals surface area contributed by atoms with Gasteiger partial charge in [0.1, 0.15) is 11.6 Å². The van der Waals surface area contributed by atoms with Crippen molar-refractivity contribution in [2.24, 2.45) is 0 Å². The Kier molecular flexibility index (Phi) is 2.23. The Labute approximate surface area is 81.8 Å². The van der Waals surface area contributed by atoms with Crippen LogP contribution in [0.4, 0.5) is 0 Å². The molecule has 1 aromatic heterocycles. The predicted octanol–water partition coefficient (Wildman–Crippen LogP) is 0.939. The smallest absolute Gasteiger partial charge is 0.304 e. The summed E-state index contributed by atoms with van der Waals surface area (Å²) in [5.74, 6) is 0.861. The Morgan fingerprint density at radius 2 is 2.50 bits per heavy atom. The van der Waals surface area contributed by atoms with Crippen molar-refractivity contribution in [2.75, 3.05) is 0 Å². The van der Waals surface area contributed by atoms with Crippen molar-refractivity contribution in [2.45, 2.75) is 38.6 Å². The summed E-state index contributed by atoms with van der Waals surface area (Å²) in [6.45, 7) is 2.70. The van der Waals surface area contributed by atoms with E-state index in [0.29, 0.717) is 0 Å². The molecule has 1 aliphatic heterocycles. The van der Waals surface area contributed by atoms with E-state index in [4.69, 9.17) is 5.11 Å². The zero-order chi connectivity index (χ0) is 10.1. The highest BCUT2D eigenvalue weighted by atomic mass is 16.4. The molecule has 1 N–H and O–H groups in total. The minimum Gasteiger partial charge on any atom is -0.481 e. The Balaban J connectivity index is 2.25. The summed E-state index contributed by atoms with van der Waals surface area (Å²) in [7, 11) is 0. The van der Waals surface area contributed by atoms with E-state index in [1.54, 1.807) is 0 Å². The molecule has 0 saturated carbocycles. The third-order valence-electron chi connectivity index (χ3n) is 2.51. The Morgan fingerprint density at radius 1 is 1.71 bits per heavy atom. The van der Waals surface area contributed by atoms with Gasteiger partial charge in [-0.2, -0.15) is 5.10 Å². The van der Waals surface area contributed by atoms with Gasteiger partial charge in [-0.1, -0.05) is 0 Å². The number of nitrogens with zero attached hydrogens (tertiary/aromatic N) is 3. The highest BCUT2D eigenvalue weighted by molar-refractivity contribution is 5.67. The summed E-state index contributed by atoms with van der Waals surface area (Å²) >= 11 is 0. The van der Waals surface area contributed by atoms with Crippen LogP contribution in [0.5, 0.6) is 0 Å².